The standard InChI is InChI=1S/C18H14N4O4/c23-16(20-10-5-6-14-15(7-10)22-18(25)21-14)9-26-17(24)12-8-19-13-4-2-1-3-11(12)13/h1-8,19H,9H2,(H,20,23)(H2,21,22,25). The quantitative estimate of drug-likeness (QED) is 0.421. The number of nitrogens with one attached hydrogen (secondary N) is 4. The van der Waals surface area contributed by atoms with Crippen molar-refractivity contribution in [2.24, 2.45) is 0 Å². The summed E-state index contributed by atoms with van der Waals surface area (Å²) < 4.78 is 5.09. The highest BCUT2D eigenvalue weighted by atomic mass is 16.5. The number of carbonyl (C=O) groups is 2. The van der Waals surface area contributed by atoms with E-state index < -0.39 is 18.5 Å². The van der Waals surface area contributed by atoms with E-state index in [2.05, 4.69) is 20.3 Å². The molecule has 4 rings (SSSR count). The lowest BCUT2D eigenvalue weighted by molar-refractivity contribution is -0.119. The van der Waals surface area contributed by atoms with Gasteiger partial charge in [-0.25, -0.2) is 9.59 Å². The van der Waals surface area contributed by atoms with Gasteiger partial charge in [0.15, 0.2) is 6.61 Å². The molecule has 0 radical (unpaired) electrons. The predicted octanol–water partition coefficient (Wildman–Crippen LogP) is 2.13. The fraction of sp³-hybridized carbons (Fsp3) is 0.0556. The van der Waals surface area contributed by atoms with Crippen LogP contribution in [-0.2, 0) is 9.53 Å². The Kier molecular flexibility index (Phi) is 3.77. The van der Waals surface area contributed by atoms with E-state index in [4.69, 9.17) is 4.74 Å². The molecule has 2 heterocycles. The summed E-state index contributed by atoms with van der Waals surface area (Å²) in [5, 5.41) is 3.36. The maximum absolute atomic E-state index is 12.2. The van der Waals surface area contributed by atoms with E-state index in [-0.39, 0.29) is 5.69 Å². The molecule has 0 atom stereocenters. The molecule has 0 saturated heterocycles. The van der Waals surface area contributed by atoms with Gasteiger partial charge in [0.05, 0.1) is 16.6 Å². The van der Waals surface area contributed by atoms with E-state index in [1.807, 2.05) is 18.2 Å². The van der Waals surface area contributed by atoms with Crippen LogP contribution in [0.3, 0.4) is 0 Å². The number of carbonyl (C=O) groups excluding carboxylic acids is 2. The van der Waals surface area contributed by atoms with Crippen LogP contribution >= 0.6 is 0 Å². The molecule has 4 aromatic rings. The van der Waals surface area contributed by atoms with Gasteiger partial charge in [0, 0.05) is 22.8 Å². The maximum atomic E-state index is 12.2. The number of benzene rings is 2. The molecular weight excluding hydrogens is 336 g/mol. The maximum Gasteiger partial charge on any atom is 0.340 e. The molecule has 2 aromatic heterocycles. The van der Waals surface area contributed by atoms with Crippen molar-refractivity contribution in [3.8, 4) is 0 Å². The number of anilines is 1. The normalized spacial score (nSPS) is 10.9. The fourth-order valence-corrected chi connectivity index (χ4v) is 2.76. The van der Waals surface area contributed by atoms with Crippen LogP contribution in [0.2, 0.25) is 0 Å². The second-order valence-corrected chi connectivity index (χ2v) is 5.71. The van der Waals surface area contributed by atoms with Crippen LogP contribution in [-0.4, -0.2) is 33.4 Å². The first-order chi connectivity index (χ1) is 12.6. The van der Waals surface area contributed by atoms with Crippen molar-refractivity contribution in [1.82, 2.24) is 15.0 Å². The zero-order valence-electron chi connectivity index (χ0n) is 13.5. The SMILES string of the molecule is O=C(COC(=O)c1c[nH]c2ccccc12)Nc1ccc2[nH]c(=O)[nH]c2c1. The first kappa shape index (κ1) is 15.7. The third-order valence-electron chi connectivity index (χ3n) is 3.94. The summed E-state index contributed by atoms with van der Waals surface area (Å²) in [4.78, 5) is 43.7. The Morgan fingerprint density at radius 3 is 2.69 bits per heavy atom. The summed E-state index contributed by atoms with van der Waals surface area (Å²) in [5.41, 5.74) is 2.57. The van der Waals surface area contributed by atoms with Gasteiger partial charge in [-0.1, -0.05) is 18.2 Å². The van der Waals surface area contributed by atoms with Gasteiger partial charge in [0.25, 0.3) is 5.91 Å². The number of hydrogen-bond acceptors (Lipinski definition) is 4. The van der Waals surface area contributed by atoms with Crippen LogP contribution in [0, 0.1) is 0 Å². The van der Waals surface area contributed by atoms with Crippen molar-refractivity contribution in [1.29, 1.82) is 0 Å². The molecule has 130 valence electrons. The molecule has 8 heteroatoms. The Labute approximate surface area is 146 Å². The Balaban J connectivity index is 1.41. The minimum Gasteiger partial charge on any atom is -0.452 e. The predicted molar refractivity (Wildman–Crippen MR) is 96.1 cm³/mol. The highest BCUT2D eigenvalue weighted by Gasteiger charge is 2.15. The molecule has 0 aliphatic heterocycles. The molecule has 4 N–H and O–H groups in total. The van der Waals surface area contributed by atoms with Gasteiger partial charge in [-0.15, -0.1) is 0 Å². The zero-order valence-corrected chi connectivity index (χ0v) is 13.5. The summed E-state index contributed by atoms with van der Waals surface area (Å²) in [5.74, 6) is -1.06. The third-order valence-corrected chi connectivity index (χ3v) is 3.94. The van der Waals surface area contributed by atoms with Gasteiger partial charge in [-0.2, -0.15) is 0 Å². The minimum atomic E-state index is -0.581. The van der Waals surface area contributed by atoms with Crippen LogP contribution in [0.15, 0.2) is 53.5 Å². The topological polar surface area (TPSA) is 120 Å². The molecule has 0 fully saturated rings. The number of fused-ring (bicyclic) bond motifs is 2. The van der Waals surface area contributed by atoms with E-state index in [0.29, 0.717) is 22.3 Å². The lowest BCUT2D eigenvalue weighted by Gasteiger charge is -2.06. The number of amides is 1. The van der Waals surface area contributed by atoms with Crippen molar-refractivity contribution in [2.75, 3.05) is 11.9 Å². The van der Waals surface area contributed by atoms with Crippen LogP contribution in [0.25, 0.3) is 21.9 Å². The van der Waals surface area contributed by atoms with E-state index in [1.165, 1.54) is 0 Å². The molecule has 0 unspecified atom stereocenters. The minimum absolute atomic E-state index is 0.323. The van der Waals surface area contributed by atoms with Gasteiger partial charge < -0.3 is 25.0 Å². The summed E-state index contributed by atoms with van der Waals surface area (Å²) >= 11 is 0. The average Bonchev–Trinajstić information content (AvgIpc) is 3.22. The molecule has 0 bridgehead atoms. The fourth-order valence-electron chi connectivity index (χ4n) is 2.76. The monoisotopic (exact) mass is 350 g/mol. The van der Waals surface area contributed by atoms with Gasteiger partial charge in [-0.3, -0.25) is 4.79 Å². The summed E-state index contributed by atoms with van der Waals surface area (Å²) in [6.07, 6.45) is 1.56. The molecule has 8 nitrogen and oxygen atoms in total. The molecule has 0 aliphatic rings. The highest BCUT2D eigenvalue weighted by Crippen LogP contribution is 2.18. The van der Waals surface area contributed by atoms with E-state index in [1.54, 1.807) is 30.5 Å². The lowest BCUT2D eigenvalue weighted by atomic mass is 10.2. The number of para-hydroxylation sites is 1. The number of esters is 1. The zero-order chi connectivity index (χ0) is 18.1. The van der Waals surface area contributed by atoms with Crippen LogP contribution in [0.4, 0.5) is 5.69 Å². The largest absolute Gasteiger partial charge is 0.452 e. The molecule has 0 aliphatic carbocycles. The van der Waals surface area contributed by atoms with Crippen molar-refractivity contribution < 1.29 is 14.3 Å². The van der Waals surface area contributed by atoms with Gasteiger partial charge in [0.2, 0.25) is 0 Å². The van der Waals surface area contributed by atoms with Crippen molar-refractivity contribution in [2.45, 2.75) is 0 Å². The van der Waals surface area contributed by atoms with Gasteiger partial charge in [-0.05, 0) is 24.3 Å². The summed E-state index contributed by atoms with van der Waals surface area (Å²) in [7, 11) is 0. The Morgan fingerprint density at radius 2 is 1.81 bits per heavy atom. The summed E-state index contributed by atoms with van der Waals surface area (Å²) in [6, 6.07) is 12.3. The van der Waals surface area contributed by atoms with Crippen LogP contribution in [0.5, 0.6) is 0 Å². The molecule has 1 amide bonds. The summed E-state index contributed by atoms with van der Waals surface area (Å²) in [6.45, 7) is -0.417. The smallest absolute Gasteiger partial charge is 0.340 e. The molecule has 0 saturated carbocycles. The Hall–Kier alpha value is -3.81. The van der Waals surface area contributed by atoms with E-state index >= 15 is 0 Å². The first-order valence-electron chi connectivity index (χ1n) is 7.85. The van der Waals surface area contributed by atoms with Crippen molar-refractivity contribution >= 4 is 39.5 Å². The van der Waals surface area contributed by atoms with Gasteiger partial charge in [0.1, 0.15) is 0 Å². The number of rotatable bonds is 4. The molecule has 2 aromatic carbocycles. The second-order valence-electron chi connectivity index (χ2n) is 5.71. The molecular formula is C18H14N4O4. The van der Waals surface area contributed by atoms with Crippen LogP contribution < -0.4 is 11.0 Å². The number of H-pyrrole nitrogens is 3. The van der Waals surface area contributed by atoms with Gasteiger partial charge >= 0.3 is 11.7 Å². The lowest BCUT2D eigenvalue weighted by Crippen LogP contribution is -2.20. The van der Waals surface area contributed by atoms with Crippen LogP contribution in [0.1, 0.15) is 10.4 Å². The number of ether oxygens (including phenoxy) is 1. The van der Waals surface area contributed by atoms with E-state index in [0.717, 1.165) is 10.9 Å². The van der Waals surface area contributed by atoms with Crippen molar-refractivity contribution in [3.05, 3.63) is 64.7 Å². The number of aromatic nitrogens is 3. The van der Waals surface area contributed by atoms with Crippen molar-refractivity contribution in [3.63, 3.8) is 0 Å². The first-order valence-corrected chi connectivity index (χ1v) is 7.85. The average molecular weight is 350 g/mol. The Bertz CT molecular complexity index is 1180. The van der Waals surface area contributed by atoms with E-state index in [9.17, 15) is 14.4 Å². The highest BCUT2D eigenvalue weighted by molar-refractivity contribution is 6.05. The number of imidazole rings is 1. The molecule has 0 spiro atoms. The Morgan fingerprint density at radius 1 is 1.00 bits per heavy atom. The number of hydrogen-bond donors (Lipinski definition) is 4. The molecule has 26 heavy (non-hydrogen) atoms. The number of aromatic amines is 3. The second kappa shape index (κ2) is 6.25. The third kappa shape index (κ3) is 2.95.